The second-order valence-corrected chi connectivity index (χ2v) is 6.73. The molecule has 1 N–H and O–H groups in total. The van der Waals surface area contributed by atoms with Crippen LogP contribution >= 0.6 is 23.1 Å². The summed E-state index contributed by atoms with van der Waals surface area (Å²) in [5.41, 5.74) is 1.42. The first-order valence-electron chi connectivity index (χ1n) is 6.13. The maximum absolute atomic E-state index is 4.73. The molecule has 1 aromatic rings. The van der Waals surface area contributed by atoms with Gasteiger partial charge < -0.3 is 5.32 Å². The molecular formula is C13H20N2S2. The van der Waals surface area contributed by atoms with Gasteiger partial charge in [0.25, 0.3) is 0 Å². The van der Waals surface area contributed by atoms with Crippen molar-refractivity contribution in [3.05, 3.63) is 22.4 Å². The third-order valence-electron chi connectivity index (χ3n) is 2.94. The van der Waals surface area contributed by atoms with E-state index in [1.165, 1.54) is 5.56 Å². The van der Waals surface area contributed by atoms with Crippen LogP contribution in [0.1, 0.15) is 26.3 Å². The van der Waals surface area contributed by atoms with Crippen LogP contribution in [0.2, 0.25) is 0 Å². The molecule has 94 valence electrons. The molecule has 0 radical (unpaired) electrons. The standard InChI is InChI=1S/C13H20N2S2/c1-9(2)12-8-17-13(15-12)14-10(3)6-11-4-5-16-7-11/h4-5,7,9-10,12H,6,8H2,1-3H3,(H,14,15). The van der Waals surface area contributed by atoms with E-state index in [1.54, 1.807) is 11.3 Å². The Morgan fingerprint density at radius 3 is 2.88 bits per heavy atom. The first-order valence-corrected chi connectivity index (χ1v) is 8.06. The highest BCUT2D eigenvalue weighted by Gasteiger charge is 2.21. The molecule has 0 saturated heterocycles. The molecule has 0 fully saturated rings. The fraction of sp³-hybridized carbons (Fsp3) is 0.615. The van der Waals surface area contributed by atoms with Gasteiger partial charge in [-0.15, -0.1) is 0 Å². The number of rotatable bonds is 4. The van der Waals surface area contributed by atoms with E-state index in [2.05, 4.69) is 42.9 Å². The molecular weight excluding hydrogens is 248 g/mol. The molecule has 2 atom stereocenters. The van der Waals surface area contributed by atoms with Gasteiger partial charge in [0.15, 0.2) is 5.17 Å². The predicted molar refractivity (Wildman–Crippen MR) is 79.1 cm³/mol. The summed E-state index contributed by atoms with van der Waals surface area (Å²) in [5.74, 6) is 1.78. The van der Waals surface area contributed by atoms with Crippen molar-refractivity contribution in [2.45, 2.75) is 39.3 Å². The van der Waals surface area contributed by atoms with E-state index in [1.807, 2.05) is 11.8 Å². The highest BCUT2D eigenvalue weighted by Crippen LogP contribution is 2.22. The number of nitrogens with one attached hydrogen (secondary N) is 1. The predicted octanol–water partition coefficient (Wildman–Crippen LogP) is 3.40. The van der Waals surface area contributed by atoms with Gasteiger partial charge in [0.1, 0.15) is 0 Å². The van der Waals surface area contributed by atoms with Crippen molar-refractivity contribution in [3.63, 3.8) is 0 Å². The van der Waals surface area contributed by atoms with E-state index in [-0.39, 0.29) is 0 Å². The number of hydrogen-bond acceptors (Lipinski definition) is 4. The third kappa shape index (κ3) is 3.75. The van der Waals surface area contributed by atoms with E-state index in [0.717, 1.165) is 17.3 Å². The van der Waals surface area contributed by atoms with Crippen LogP contribution < -0.4 is 5.32 Å². The zero-order valence-corrected chi connectivity index (χ0v) is 12.3. The molecule has 0 aromatic carbocycles. The second kappa shape index (κ2) is 5.91. The van der Waals surface area contributed by atoms with E-state index in [4.69, 9.17) is 4.99 Å². The summed E-state index contributed by atoms with van der Waals surface area (Å²) in [6.07, 6.45) is 1.08. The second-order valence-electron chi connectivity index (χ2n) is 4.94. The topological polar surface area (TPSA) is 24.4 Å². The molecule has 1 aliphatic rings. The van der Waals surface area contributed by atoms with Gasteiger partial charge in [-0.1, -0.05) is 25.6 Å². The lowest BCUT2D eigenvalue weighted by Gasteiger charge is -2.13. The highest BCUT2D eigenvalue weighted by molar-refractivity contribution is 8.14. The number of hydrogen-bond donors (Lipinski definition) is 1. The highest BCUT2D eigenvalue weighted by atomic mass is 32.2. The smallest absolute Gasteiger partial charge is 0.157 e. The van der Waals surface area contributed by atoms with Crippen LogP contribution in [0.25, 0.3) is 0 Å². The van der Waals surface area contributed by atoms with Crippen molar-refractivity contribution in [3.8, 4) is 0 Å². The Kier molecular flexibility index (Phi) is 4.51. The molecule has 2 nitrogen and oxygen atoms in total. The molecule has 0 amide bonds. The van der Waals surface area contributed by atoms with Crippen molar-refractivity contribution in [1.82, 2.24) is 5.32 Å². The molecule has 4 heteroatoms. The molecule has 0 aliphatic carbocycles. The maximum atomic E-state index is 4.73. The maximum Gasteiger partial charge on any atom is 0.157 e. The summed E-state index contributed by atoms with van der Waals surface area (Å²) in [5, 5.41) is 9.01. The van der Waals surface area contributed by atoms with E-state index in [9.17, 15) is 0 Å². The van der Waals surface area contributed by atoms with Crippen LogP contribution in [-0.4, -0.2) is 23.0 Å². The van der Waals surface area contributed by atoms with Gasteiger partial charge >= 0.3 is 0 Å². The van der Waals surface area contributed by atoms with Crippen molar-refractivity contribution < 1.29 is 0 Å². The van der Waals surface area contributed by atoms with Crippen LogP contribution in [0, 0.1) is 5.92 Å². The quantitative estimate of drug-likeness (QED) is 0.905. The molecule has 2 rings (SSSR count). The van der Waals surface area contributed by atoms with Crippen molar-refractivity contribution in [2.24, 2.45) is 10.9 Å². The molecule has 0 bridgehead atoms. The summed E-state index contributed by atoms with van der Waals surface area (Å²) < 4.78 is 0. The zero-order valence-electron chi connectivity index (χ0n) is 10.6. The number of thioether (sulfide) groups is 1. The molecule has 0 saturated carbocycles. The Hall–Kier alpha value is -0.480. The third-order valence-corrected chi connectivity index (χ3v) is 4.67. The summed E-state index contributed by atoms with van der Waals surface area (Å²) in [4.78, 5) is 4.73. The summed E-state index contributed by atoms with van der Waals surface area (Å²) >= 11 is 3.63. The van der Waals surface area contributed by atoms with Crippen LogP contribution in [0.4, 0.5) is 0 Å². The summed E-state index contributed by atoms with van der Waals surface area (Å²) in [7, 11) is 0. The summed E-state index contributed by atoms with van der Waals surface area (Å²) in [6, 6.07) is 3.15. The van der Waals surface area contributed by atoms with Gasteiger partial charge in [-0.05, 0) is 41.7 Å². The lowest BCUT2D eigenvalue weighted by molar-refractivity contribution is 0.540. The van der Waals surface area contributed by atoms with Gasteiger partial charge in [0.05, 0.1) is 6.04 Å². The van der Waals surface area contributed by atoms with Gasteiger partial charge in [0, 0.05) is 11.8 Å². The Bertz CT molecular complexity index is 371. The normalized spacial score (nSPS) is 21.6. The minimum absolute atomic E-state index is 0.460. The molecule has 0 spiro atoms. The van der Waals surface area contributed by atoms with E-state index in [0.29, 0.717) is 18.0 Å². The van der Waals surface area contributed by atoms with Gasteiger partial charge in [0.2, 0.25) is 0 Å². The number of thiophene rings is 1. The fourth-order valence-corrected chi connectivity index (χ4v) is 3.80. The van der Waals surface area contributed by atoms with Gasteiger partial charge in [-0.3, -0.25) is 4.99 Å². The lowest BCUT2D eigenvalue weighted by Crippen LogP contribution is -2.31. The Labute approximate surface area is 112 Å². The average molecular weight is 268 g/mol. The molecule has 17 heavy (non-hydrogen) atoms. The van der Waals surface area contributed by atoms with Crippen molar-refractivity contribution in [1.29, 1.82) is 0 Å². The lowest BCUT2D eigenvalue weighted by atomic mass is 10.1. The average Bonchev–Trinajstić information content (AvgIpc) is 2.88. The van der Waals surface area contributed by atoms with E-state index < -0.39 is 0 Å². The monoisotopic (exact) mass is 268 g/mol. The molecule has 2 unspecified atom stereocenters. The van der Waals surface area contributed by atoms with Gasteiger partial charge in [-0.25, -0.2) is 0 Å². The Morgan fingerprint density at radius 2 is 2.29 bits per heavy atom. The van der Waals surface area contributed by atoms with Crippen molar-refractivity contribution >= 4 is 28.3 Å². The molecule has 2 heterocycles. The Balaban J connectivity index is 1.83. The van der Waals surface area contributed by atoms with Crippen LogP contribution in [-0.2, 0) is 6.42 Å². The molecule has 1 aliphatic heterocycles. The zero-order chi connectivity index (χ0) is 12.3. The molecule has 1 aromatic heterocycles. The largest absolute Gasteiger partial charge is 0.362 e. The van der Waals surface area contributed by atoms with Crippen LogP contribution in [0.15, 0.2) is 21.8 Å². The number of amidine groups is 1. The van der Waals surface area contributed by atoms with Gasteiger partial charge in [-0.2, -0.15) is 11.3 Å². The van der Waals surface area contributed by atoms with Crippen LogP contribution in [0.3, 0.4) is 0 Å². The van der Waals surface area contributed by atoms with E-state index >= 15 is 0 Å². The first-order chi connectivity index (χ1) is 8.15. The van der Waals surface area contributed by atoms with Crippen molar-refractivity contribution in [2.75, 3.05) is 5.75 Å². The number of nitrogens with zero attached hydrogens (tertiary/aromatic N) is 1. The minimum atomic E-state index is 0.460. The fourth-order valence-electron chi connectivity index (χ4n) is 1.83. The number of aliphatic imine (C=N–C) groups is 1. The first kappa shape index (κ1) is 13.0. The summed E-state index contributed by atoms with van der Waals surface area (Å²) in [6.45, 7) is 6.71. The Morgan fingerprint density at radius 1 is 1.47 bits per heavy atom. The SMILES string of the molecule is CC(Cc1ccsc1)NC1=NC(C(C)C)CS1. The minimum Gasteiger partial charge on any atom is -0.362 e. The van der Waals surface area contributed by atoms with Crippen LogP contribution in [0.5, 0.6) is 0 Å².